The van der Waals surface area contributed by atoms with Crippen molar-refractivity contribution >= 4 is 32.4 Å². The van der Waals surface area contributed by atoms with E-state index in [4.69, 9.17) is 0 Å². The van der Waals surface area contributed by atoms with Crippen molar-refractivity contribution in [1.82, 2.24) is 15.0 Å². The van der Waals surface area contributed by atoms with Gasteiger partial charge in [-0.1, -0.05) is 0 Å². The maximum Gasteiger partial charge on any atom is 0.266 e. The zero-order valence-corrected chi connectivity index (χ0v) is 12.0. The third kappa shape index (κ3) is 3.38. The van der Waals surface area contributed by atoms with Crippen LogP contribution in [0.4, 0.5) is 11.1 Å². The van der Waals surface area contributed by atoms with Gasteiger partial charge in [-0.2, -0.15) is 0 Å². The molecule has 2 N–H and O–H groups in total. The van der Waals surface area contributed by atoms with Crippen LogP contribution < -0.4 is 10.0 Å². The predicted octanol–water partition coefficient (Wildman–Crippen LogP) is 1.47. The highest BCUT2D eigenvalue weighted by Gasteiger charge is 2.16. The quantitative estimate of drug-likeness (QED) is 0.868. The van der Waals surface area contributed by atoms with Gasteiger partial charge in [-0.3, -0.25) is 4.72 Å². The molecule has 2 aromatic heterocycles. The summed E-state index contributed by atoms with van der Waals surface area (Å²) in [7, 11) is -3.69. The van der Waals surface area contributed by atoms with E-state index in [1.165, 1.54) is 23.7 Å². The summed E-state index contributed by atoms with van der Waals surface area (Å²) in [5.74, 6) is 0.395. The first-order chi connectivity index (χ1) is 9.01. The van der Waals surface area contributed by atoms with Crippen LogP contribution in [0.25, 0.3) is 0 Å². The van der Waals surface area contributed by atoms with E-state index in [0.717, 1.165) is 5.69 Å². The molecule has 7 nitrogen and oxygen atoms in total. The van der Waals surface area contributed by atoms with Gasteiger partial charge in [-0.15, -0.1) is 11.3 Å². The van der Waals surface area contributed by atoms with E-state index in [2.05, 4.69) is 25.0 Å². The Kier molecular flexibility index (Phi) is 3.96. The summed E-state index contributed by atoms with van der Waals surface area (Å²) >= 11 is 1.23. The number of rotatable bonds is 5. The summed E-state index contributed by atoms with van der Waals surface area (Å²) in [4.78, 5) is 11.9. The molecule has 9 heteroatoms. The Morgan fingerprint density at radius 2 is 2.00 bits per heavy atom. The van der Waals surface area contributed by atoms with E-state index in [1.807, 2.05) is 6.92 Å². The number of nitrogens with one attached hydrogen (secondary N) is 2. The lowest BCUT2D eigenvalue weighted by Gasteiger charge is -2.05. The molecule has 2 aromatic rings. The van der Waals surface area contributed by atoms with Crippen molar-refractivity contribution in [3.8, 4) is 0 Å². The van der Waals surface area contributed by atoms with Gasteiger partial charge in [0.05, 0.1) is 18.1 Å². The number of aromatic nitrogens is 3. The summed E-state index contributed by atoms with van der Waals surface area (Å²) in [6.45, 7) is 4.37. The van der Waals surface area contributed by atoms with Crippen LogP contribution in [0.5, 0.6) is 0 Å². The van der Waals surface area contributed by atoms with E-state index < -0.39 is 10.0 Å². The lowest BCUT2D eigenvalue weighted by atomic mass is 10.6. The summed E-state index contributed by atoms with van der Waals surface area (Å²) in [6, 6.07) is 0. The Bertz CT molecular complexity index is 651. The average Bonchev–Trinajstić information content (AvgIpc) is 2.75. The molecule has 0 saturated carbocycles. The maximum absolute atomic E-state index is 12.0. The summed E-state index contributed by atoms with van der Waals surface area (Å²) in [5, 5.41) is 4.99. The normalized spacial score (nSPS) is 11.3. The zero-order valence-electron chi connectivity index (χ0n) is 10.4. The van der Waals surface area contributed by atoms with Gasteiger partial charge in [0.2, 0.25) is 5.95 Å². The smallest absolute Gasteiger partial charge is 0.266 e. The van der Waals surface area contributed by atoms with Crippen LogP contribution in [-0.4, -0.2) is 29.9 Å². The number of sulfonamides is 1. The number of anilines is 2. The van der Waals surface area contributed by atoms with E-state index >= 15 is 0 Å². The van der Waals surface area contributed by atoms with Gasteiger partial charge >= 0.3 is 0 Å². The molecular weight excluding hydrogens is 286 g/mol. The number of hydrogen-bond donors (Lipinski definition) is 2. The Balaban J connectivity index is 2.19. The largest absolute Gasteiger partial charge is 0.355 e. The van der Waals surface area contributed by atoms with Gasteiger partial charge in [-0.25, -0.2) is 23.4 Å². The summed E-state index contributed by atoms with van der Waals surface area (Å²) in [5.41, 5.74) is 0.765. The van der Waals surface area contributed by atoms with Crippen molar-refractivity contribution in [2.24, 2.45) is 0 Å². The number of thiazole rings is 1. The molecule has 0 saturated heterocycles. The van der Waals surface area contributed by atoms with Crippen molar-refractivity contribution in [2.75, 3.05) is 16.6 Å². The molecule has 0 aromatic carbocycles. The van der Waals surface area contributed by atoms with Crippen LogP contribution in [0.2, 0.25) is 0 Å². The predicted molar refractivity (Wildman–Crippen MR) is 73.9 cm³/mol. The van der Waals surface area contributed by atoms with E-state index in [0.29, 0.717) is 17.6 Å². The van der Waals surface area contributed by atoms with Crippen molar-refractivity contribution in [2.45, 2.75) is 18.7 Å². The molecule has 0 atom stereocenters. The molecule has 0 aliphatic heterocycles. The molecule has 0 unspecified atom stereocenters. The highest BCUT2D eigenvalue weighted by molar-refractivity contribution is 7.93. The summed E-state index contributed by atoms with van der Waals surface area (Å²) < 4.78 is 26.5. The zero-order chi connectivity index (χ0) is 13.9. The molecule has 0 amide bonds. The number of hydrogen-bond acceptors (Lipinski definition) is 7. The molecule has 19 heavy (non-hydrogen) atoms. The van der Waals surface area contributed by atoms with E-state index in [9.17, 15) is 8.42 Å². The van der Waals surface area contributed by atoms with Gasteiger partial charge < -0.3 is 5.32 Å². The van der Waals surface area contributed by atoms with Crippen molar-refractivity contribution in [1.29, 1.82) is 0 Å². The molecule has 102 valence electrons. The van der Waals surface area contributed by atoms with Crippen molar-refractivity contribution < 1.29 is 8.42 Å². The van der Waals surface area contributed by atoms with Gasteiger partial charge in [0, 0.05) is 11.9 Å². The van der Waals surface area contributed by atoms with Crippen molar-refractivity contribution in [3.63, 3.8) is 0 Å². The number of aryl methyl sites for hydroxylation is 1. The second kappa shape index (κ2) is 5.49. The van der Waals surface area contributed by atoms with Gasteiger partial charge in [0.25, 0.3) is 10.0 Å². The first-order valence-electron chi connectivity index (χ1n) is 5.52. The van der Waals surface area contributed by atoms with Crippen LogP contribution in [0.15, 0.2) is 22.7 Å². The lowest BCUT2D eigenvalue weighted by molar-refractivity contribution is 0.600. The summed E-state index contributed by atoms with van der Waals surface area (Å²) in [6.07, 6.45) is 2.52. The van der Waals surface area contributed by atoms with Crippen LogP contribution in [-0.2, 0) is 10.0 Å². The minimum atomic E-state index is -3.69. The van der Waals surface area contributed by atoms with Crippen LogP contribution in [0, 0.1) is 6.92 Å². The molecule has 0 aliphatic carbocycles. The van der Waals surface area contributed by atoms with Crippen LogP contribution in [0.3, 0.4) is 0 Å². The first-order valence-corrected chi connectivity index (χ1v) is 7.88. The second-order valence-corrected chi connectivity index (χ2v) is 6.21. The minimum Gasteiger partial charge on any atom is -0.355 e. The van der Waals surface area contributed by atoms with Gasteiger partial charge in [0.1, 0.15) is 4.90 Å². The maximum atomic E-state index is 12.0. The molecule has 0 spiro atoms. The Morgan fingerprint density at radius 1 is 1.32 bits per heavy atom. The molecule has 0 aliphatic rings. The molecule has 2 heterocycles. The first kappa shape index (κ1) is 13.7. The topological polar surface area (TPSA) is 96.9 Å². The third-order valence-corrected chi connectivity index (χ3v) is 4.41. The molecule has 0 fully saturated rings. The van der Waals surface area contributed by atoms with Gasteiger partial charge in [0.15, 0.2) is 5.13 Å². The second-order valence-electron chi connectivity index (χ2n) is 3.67. The van der Waals surface area contributed by atoms with Crippen molar-refractivity contribution in [3.05, 3.63) is 23.5 Å². The molecular formula is C10H13N5O2S2. The molecule has 0 radical (unpaired) electrons. The average molecular weight is 299 g/mol. The Hall–Kier alpha value is -1.74. The van der Waals surface area contributed by atoms with Crippen LogP contribution >= 0.6 is 11.3 Å². The van der Waals surface area contributed by atoms with E-state index in [-0.39, 0.29) is 4.90 Å². The fourth-order valence-electron chi connectivity index (χ4n) is 1.28. The third-order valence-electron chi connectivity index (χ3n) is 2.11. The fraction of sp³-hybridized carbons (Fsp3) is 0.300. The van der Waals surface area contributed by atoms with Gasteiger partial charge in [-0.05, 0) is 13.8 Å². The molecule has 2 rings (SSSR count). The standard InChI is InChI=1S/C10H13N5O2S2/c1-3-11-9-12-4-8(5-13-9)19(16,17)15-10-14-7(2)6-18-10/h4-6H,3H2,1-2H3,(H,14,15)(H,11,12,13). The fourth-order valence-corrected chi connectivity index (χ4v) is 3.11. The molecule has 0 bridgehead atoms. The monoisotopic (exact) mass is 299 g/mol. The van der Waals surface area contributed by atoms with Crippen LogP contribution in [0.1, 0.15) is 12.6 Å². The minimum absolute atomic E-state index is 0.00186. The lowest BCUT2D eigenvalue weighted by Crippen LogP contribution is -2.14. The highest BCUT2D eigenvalue weighted by atomic mass is 32.2. The highest BCUT2D eigenvalue weighted by Crippen LogP contribution is 2.19. The number of nitrogens with zero attached hydrogens (tertiary/aromatic N) is 3. The Labute approximate surface area is 115 Å². The SMILES string of the molecule is CCNc1ncc(S(=O)(=O)Nc2nc(C)cs2)cn1. The Morgan fingerprint density at radius 3 is 2.53 bits per heavy atom. The van der Waals surface area contributed by atoms with E-state index in [1.54, 1.807) is 12.3 Å².